The van der Waals surface area contributed by atoms with Gasteiger partial charge in [-0.1, -0.05) is 0 Å². The monoisotopic (exact) mass is 223 g/mol. The van der Waals surface area contributed by atoms with E-state index in [2.05, 4.69) is 5.32 Å². The van der Waals surface area contributed by atoms with Gasteiger partial charge in [0.15, 0.2) is 0 Å². The molecule has 14 heavy (non-hydrogen) atoms. The number of nitrogens with one attached hydrogen (secondary N) is 1. The van der Waals surface area contributed by atoms with Gasteiger partial charge in [-0.3, -0.25) is 0 Å². The molecule has 0 unspecified atom stereocenters. The number of hydrogen-bond donors (Lipinski definition) is 1. The first-order valence-corrected chi connectivity index (χ1v) is 4.46. The predicted molar refractivity (Wildman–Crippen MR) is 53.3 cm³/mol. The average molecular weight is 224 g/mol. The maximum atomic E-state index is 13.0. The summed E-state index contributed by atoms with van der Waals surface area (Å²) in [5, 5.41) is 2.95. The number of halogens is 2. The van der Waals surface area contributed by atoms with E-state index in [4.69, 9.17) is 0 Å². The predicted octanol–water partition coefficient (Wildman–Crippen LogP) is 0.616. The molecule has 1 saturated heterocycles. The van der Waals surface area contributed by atoms with Gasteiger partial charge in [0.2, 0.25) is 0 Å². The molecule has 1 N–H and O–H groups in total. The lowest BCUT2D eigenvalue weighted by molar-refractivity contribution is -0.123. The lowest BCUT2D eigenvalue weighted by Crippen LogP contribution is -2.47. The molecule has 0 aliphatic carbocycles. The average Bonchev–Trinajstić information content (AvgIpc) is 2.16. The van der Waals surface area contributed by atoms with E-state index in [1.807, 2.05) is 0 Å². The smallest absolute Gasteiger partial charge is 0.125 e. The van der Waals surface area contributed by atoms with Gasteiger partial charge in [0, 0.05) is 30.8 Å². The van der Waals surface area contributed by atoms with E-state index in [9.17, 15) is 14.0 Å². The van der Waals surface area contributed by atoms with E-state index in [-0.39, 0.29) is 24.2 Å². The van der Waals surface area contributed by atoms with E-state index in [1.54, 1.807) is 0 Å². The Morgan fingerprint density at radius 2 is 2.00 bits per heavy atom. The molecule has 0 bridgehead atoms. The summed E-state index contributed by atoms with van der Waals surface area (Å²) in [4.78, 5) is 21.3. The summed E-state index contributed by atoms with van der Waals surface area (Å²) < 4.78 is 13.0. The van der Waals surface area contributed by atoms with Crippen LogP contribution in [0.5, 0.6) is 0 Å². The Hall–Kier alpha value is -0.480. The number of carbonyl (C=O) groups excluding carboxylic acids is 2. The second kappa shape index (κ2) is 6.09. The first kappa shape index (κ1) is 13.5. The Morgan fingerprint density at radius 3 is 2.43 bits per heavy atom. The number of rotatable bonds is 3. The zero-order chi connectivity index (χ0) is 9.84. The van der Waals surface area contributed by atoms with Crippen LogP contribution >= 0.6 is 12.4 Å². The van der Waals surface area contributed by atoms with Crippen LogP contribution in [0.15, 0.2) is 0 Å². The van der Waals surface area contributed by atoms with E-state index >= 15 is 0 Å². The fourth-order valence-electron chi connectivity index (χ4n) is 1.82. The molecule has 0 saturated carbocycles. The Morgan fingerprint density at radius 1 is 1.36 bits per heavy atom. The topological polar surface area (TPSA) is 46.2 Å². The summed E-state index contributed by atoms with van der Waals surface area (Å²) in [6, 6.07) is 0. The zero-order valence-electron chi connectivity index (χ0n) is 7.98. The largest absolute Gasteiger partial charge is 0.316 e. The summed E-state index contributed by atoms with van der Waals surface area (Å²) >= 11 is 0. The van der Waals surface area contributed by atoms with Crippen molar-refractivity contribution in [3.05, 3.63) is 0 Å². The van der Waals surface area contributed by atoms with Gasteiger partial charge >= 0.3 is 0 Å². The summed E-state index contributed by atoms with van der Waals surface area (Å²) in [6.07, 6.45) is 0.395. The lowest BCUT2D eigenvalue weighted by Gasteiger charge is -2.33. The molecule has 0 spiro atoms. The molecule has 0 aromatic rings. The summed E-state index contributed by atoms with van der Waals surface area (Å²) in [5.41, 5.74) is 0. The summed E-state index contributed by atoms with van der Waals surface area (Å²) in [6.45, 7) is 2.39. The zero-order valence-corrected chi connectivity index (χ0v) is 8.80. The second-order valence-electron chi connectivity index (χ2n) is 3.51. The lowest BCUT2D eigenvalue weighted by atomic mass is 9.78. The van der Waals surface area contributed by atoms with Gasteiger partial charge in [-0.2, -0.15) is 0 Å². The van der Waals surface area contributed by atoms with Crippen LogP contribution in [-0.2, 0) is 9.59 Å². The summed E-state index contributed by atoms with van der Waals surface area (Å²) in [7, 11) is 0. The highest BCUT2D eigenvalue weighted by atomic mass is 35.5. The van der Waals surface area contributed by atoms with E-state index in [1.165, 1.54) is 6.92 Å². The molecule has 82 valence electrons. The molecule has 0 amide bonds. The first-order chi connectivity index (χ1) is 6.20. The molecule has 3 nitrogen and oxygen atoms in total. The fraction of sp³-hybridized carbons (Fsp3) is 0.778. The van der Waals surface area contributed by atoms with Crippen molar-refractivity contribution in [2.24, 2.45) is 17.8 Å². The quantitative estimate of drug-likeness (QED) is 0.714. The molecule has 0 radical (unpaired) electrons. The van der Waals surface area contributed by atoms with Crippen LogP contribution in [-0.4, -0.2) is 31.8 Å². The number of alkyl halides is 1. The highest BCUT2D eigenvalue weighted by molar-refractivity contribution is 5.85. The Balaban J connectivity index is 0.00000169. The van der Waals surface area contributed by atoms with Gasteiger partial charge in [-0.25, -0.2) is 4.39 Å². The van der Waals surface area contributed by atoms with Crippen molar-refractivity contribution in [3.8, 4) is 0 Å². The number of carbonyl (C=O) groups is 2. The van der Waals surface area contributed by atoms with Crippen molar-refractivity contribution >= 4 is 25.0 Å². The van der Waals surface area contributed by atoms with Crippen molar-refractivity contribution in [1.29, 1.82) is 0 Å². The third-order valence-electron chi connectivity index (χ3n) is 2.67. The molecule has 0 aromatic heterocycles. The minimum absolute atomic E-state index is 0. The molecule has 4 atom stereocenters. The van der Waals surface area contributed by atoms with Crippen LogP contribution in [0.4, 0.5) is 4.39 Å². The standard InChI is InChI=1S/C9H14FNO2.ClH/c1-6(10)8-3-11-2-7(4-12)9(8)5-13;/h4-9,11H,2-3H2,1H3;1H/t6-,7+,8+,9+;/m0./s1. The Bertz CT molecular complexity index is 201. The third-order valence-corrected chi connectivity index (χ3v) is 2.67. The van der Waals surface area contributed by atoms with Gasteiger partial charge < -0.3 is 14.9 Å². The van der Waals surface area contributed by atoms with Gasteiger partial charge in [-0.05, 0) is 6.92 Å². The van der Waals surface area contributed by atoms with Gasteiger partial charge in [0.25, 0.3) is 0 Å². The maximum absolute atomic E-state index is 13.0. The molecule has 1 rings (SSSR count). The van der Waals surface area contributed by atoms with Crippen molar-refractivity contribution in [2.75, 3.05) is 13.1 Å². The molecular formula is C9H15ClFNO2. The maximum Gasteiger partial charge on any atom is 0.125 e. The third kappa shape index (κ3) is 2.75. The summed E-state index contributed by atoms with van der Waals surface area (Å²) in [5.74, 6) is -1.19. The highest BCUT2D eigenvalue weighted by Gasteiger charge is 2.35. The fourth-order valence-corrected chi connectivity index (χ4v) is 1.82. The first-order valence-electron chi connectivity index (χ1n) is 4.46. The van der Waals surface area contributed by atoms with Crippen LogP contribution in [0.1, 0.15) is 6.92 Å². The molecular weight excluding hydrogens is 209 g/mol. The van der Waals surface area contributed by atoms with E-state index < -0.39 is 12.1 Å². The van der Waals surface area contributed by atoms with Crippen molar-refractivity contribution in [1.82, 2.24) is 5.32 Å². The molecule has 1 heterocycles. The SMILES string of the molecule is C[C@H](F)[C@H]1CNC[C@H](C=O)[C@H]1C=O.Cl. The molecule has 1 aliphatic heterocycles. The number of hydrogen-bond acceptors (Lipinski definition) is 3. The van der Waals surface area contributed by atoms with E-state index in [0.29, 0.717) is 19.4 Å². The van der Waals surface area contributed by atoms with Crippen LogP contribution in [0.25, 0.3) is 0 Å². The Labute approximate surface area is 88.8 Å². The molecule has 1 aliphatic rings. The highest BCUT2D eigenvalue weighted by Crippen LogP contribution is 2.25. The minimum Gasteiger partial charge on any atom is -0.316 e. The van der Waals surface area contributed by atoms with E-state index in [0.717, 1.165) is 6.29 Å². The van der Waals surface area contributed by atoms with Crippen LogP contribution in [0.2, 0.25) is 0 Å². The van der Waals surface area contributed by atoms with Crippen molar-refractivity contribution in [3.63, 3.8) is 0 Å². The van der Waals surface area contributed by atoms with Crippen LogP contribution < -0.4 is 5.32 Å². The Kier molecular flexibility index (Phi) is 5.88. The normalized spacial score (nSPS) is 34.0. The number of piperidine rings is 1. The van der Waals surface area contributed by atoms with Crippen LogP contribution in [0, 0.1) is 17.8 Å². The minimum atomic E-state index is -1.05. The number of aldehydes is 2. The van der Waals surface area contributed by atoms with Crippen molar-refractivity contribution < 1.29 is 14.0 Å². The second-order valence-corrected chi connectivity index (χ2v) is 3.51. The van der Waals surface area contributed by atoms with Gasteiger partial charge in [0.1, 0.15) is 18.7 Å². The van der Waals surface area contributed by atoms with Gasteiger partial charge in [0.05, 0.1) is 0 Å². The molecule has 0 aromatic carbocycles. The molecule has 5 heteroatoms. The van der Waals surface area contributed by atoms with Crippen molar-refractivity contribution in [2.45, 2.75) is 13.1 Å². The van der Waals surface area contributed by atoms with Crippen LogP contribution in [0.3, 0.4) is 0 Å². The van der Waals surface area contributed by atoms with Gasteiger partial charge in [-0.15, -0.1) is 12.4 Å². The molecule has 1 fully saturated rings.